The van der Waals surface area contributed by atoms with Gasteiger partial charge in [0.1, 0.15) is 0 Å². The van der Waals surface area contributed by atoms with Gasteiger partial charge in [-0.25, -0.2) is 0 Å². The Morgan fingerprint density at radius 2 is 0.973 bits per heavy atom. The predicted molar refractivity (Wildman–Crippen MR) is 176 cm³/mol. The molecule has 0 N–H and O–H groups in total. The van der Waals surface area contributed by atoms with Crippen LogP contribution >= 0.6 is 11.1 Å². The summed E-state index contributed by atoms with van der Waals surface area (Å²) in [4.78, 5) is 0. The molecule has 3 heteroatoms. The highest BCUT2D eigenvalue weighted by molar-refractivity contribution is 7.34. The second-order valence-electron chi connectivity index (χ2n) is 12.6. The zero-order valence-corrected chi connectivity index (χ0v) is 27.8. The van der Waals surface area contributed by atoms with Gasteiger partial charge in [0.15, 0.2) is 0 Å². The van der Waals surface area contributed by atoms with Crippen LogP contribution < -0.4 is 15.6 Å². The third-order valence-electron chi connectivity index (χ3n) is 8.01. The van der Waals surface area contributed by atoms with Crippen molar-refractivity contribution < 1.29 is 0 Å². The van der Waals surface area contributed by atoms with Crippen molar-refractivity contribution in [3.63, 3.8) is 0 Å². The van der Waals surface area contributed by atoms with Gasteiger partial charge in [-0.3, -0.25) is 0 Å². The first kappa shape index (κ1) is 32.4. The van der Waals surface area contributed by atoms with E-state index >= 15 is 0 Å². The minimum atomic E-state index is -2.26. The van der Waals surface area contributed by atoms with Gasteiger partial charge in [-0.1, -0.05) is 189 Å². The topological polar surface area (TPSA) is 0 Å². The summed E-state index contributed by atoms with van der Waals surface area (Å²) in [6, 6.07) is 19.4. The predicted octanol–water partition coefficient (Wildman–Crippen LogP) is 10.1. The Hall–Kier alpha value is -0.836. The van der Waals surface area contributed by atoms with Gasteiger partial charge >= 0.3 is 0 Å². The molecule has 208 valence electrons. The number of aryl methyl sites for hydroxylation is 1. The van der Waals surface area contributed by atoms with Crippen molar-refractivity contribution >= 4 is 42.1 Å². The maximum atomic E-state index is 7.70. The highest BCUT2D eigenvalue weighted by atomic mass is 35.6. The van der Waals surface area contributed by atoms with Gasteiger partial charge in [0.05, 0.1) is 8.07 Å². The number of unbranched alkanes of at least 4 members (excludes halogenated alkanes) is 15. The second-order valence-corrected chi connectivity index (χ2v) is 22.8. The molecule has 0 radical (unpaired) electrons. The summed E-state index contributed by atoms with van der Waals surface area (Å²) in [6.45, 7) is 11.9. The quantitative estimate of drug-likeness (QED) is 0.0864. The van der Waals surface area contributed by atoms with E-state index in [0.29, 0.717) is 0 Å². The molecule has 1 unspecified atom stereocenters. The molecule has 0 bridgehead atoms. The molecule has 0 nitrogen and oxygen atoms in total. The molecule has 0 heterocycles. The van der Waals surface area contributed by atoms with Crippen molar-refractivity contribution in [1.82, 2.24) is 0 Å². The van der Waals surface area contributed by atoms with Crippen molar-refractivity contribution in [2.75, 3.05) is 0 Å². The summed E-state index contributed by atoms with van der Waals surface area (Å²) < 4.78 is 0. The van der Waals surface area contributed by atoms with Crippen molar-refractivity contribution in [2.24, 2.45) is 0 Å². The number of hydrogen-bond donors (Lipinski definition) is 0. The minimum absolute atomic E-state index is 1.14. The lowest BCUT2D eigenvalue weighted by Gasteiger charge is -2.28. The summed E-state index contributed by atoms with van der Waals surface area (Å²) in [5.41, 5.74) is 1.37. The fourth-order valence-corrected chi connectivity index (χ4v) is 11.2. The number of hydrogen-bond acceptors (Lipinski definition) is 0. The molecular formula is C34H57ClSi2. The van der Waals surface area contributed by atoms with Crippen molar-refractivity contribution in [2.45, 2.75) is 142 Å². The van der Waals surface area contributed by atoms with Gasteiger partial charge in [-0.2, -0.15) is 11.1 Å². The Morgan fingerprint density at radius 3 is 1.43 bits per heavy atom. The molecule has 0 saturated heterocycles. The highest BCUT2D eigenvalue weighted by Gasteiger charge is 2.36. The molecule has 0 fully saturated rings. The number of rotatable bonds is 20. The minimum Gasteiger partial charge on any atom is -0.155 e. The molecule has 2 rings (SSSR count). The van der Waals surface area contributed by atoms with Gasteiger partial charge in [0, 0.05) is 0 Å². The van der Waals surface area contributed by atoms with E-state index < -0.39 is 15.5 Å². The van der Waals surface area contributed by atoms with Crippen LogP contribution in [0.25, 0.3) is 0 Å². The molecule has 0 aliphatic heterocycles. The molecule has 2 aromatic rings. The van der Waals surface area contributed by atoms with E-state index in [2.05, 4.69) is 82.0 Å². The van der Waals surface area contributed by atoms with Crippen LogP contribution in [0.15, 0.2) is 48.5 Å². The average molecular weight is 557 g/mol. The fourth-order valence-electron chi connectivity index (χ4n) is 5.52. The van der Waals surface area contributed by atoms with Crippen LogP contribution in [-0.4, -0.2) is 15.5 Å². The first-order chi connectivity index (χ1) is 17.8. The number of benzene rings is 2. The third-order valence-corrected chi connectivity index (χ3v) is 15.4. The van der Waals surface area contributed by atoms with Crippen LogP contribution in [0.3, 0.4) is 0 Å². The Morgan fingerprint density at radius 1 is 0.541 bits per heavy atom. The maximum absolute atomic E-state index is 7.70. The van der Waals surface area contributed by atoms with E-state index in [4.69, 9.17) is 11.1 Å². The molecular weight excluding hydrogens is 500 g/mol. The molecule has 0 spiro atoms. The van der Waals surface area contributed by atoms with Gasteiger partial charge in [-0.15, -0.1) is 0 Å². The second kappa shape index (κ2) is 17.7. The maximum Gasteiger partial charge on any atom is 0.217 e. The fraction of sp³-hybridized carbons (Fsp3) is 0.647. The standard InChI is InChI=1S/C34H57ClSi2/c1-6-7-8-9-10-11-12-13-14-15-16-17-18-19-20-24-27-37(35,32-25-22-21-23-26-32)34-29-31(2)28-33(30-34)36(3,4)5/h21-23,25-26,28-30H,6-20,24,27H2,1-5H3. The Balaban J connectivity index is 1.73. The van der Waals surface area contributed by atoms with E-state index in [9.17, 15) is 0 Å². The lowest BCUT2D eigenvalue weighted by atomic mass is 10.0. The monoisotopic (exact) mass is 556 g/mol. The summed E-state index contributed by atoms with van der Waals surface area (Å²) >= 11 is 7.70. The first-order valence-corrected chi connectivity index (χ1v) is 22.4. The molecule has 0 aromatic heterocycles. The van der Waals surface area contributed by atoms with Crippen LogP contribution in [0.5, 0.6) is 0 Å². The van der Waals surface area contributed by atoms with E-state index in [1.54, 1.807) is 5.19 Å². The van der Waals surface area contributed by atoms with E-state index in [1.165, 1.54) is 119 Å². The van der Waals surface area contributed by atoms with Gasteiger partial charge < -0.3 is 0 Å². The van der Waals surface area contributed by atoms with Crippen LogP contribution in [0.4, 0.5) is 0 Å². The van der Waals surface area contributed by atoms with Crippen LogP contribution in [-0.2, 0) is 0 Å². The summed E-state index contributed by atoms with van der Waals surface area (Å²) in [7, 11) is -3.64. The number of halogens is 1. The average Bonchev–Trinajstić information content (AvgIpc) is 2.88. The van der Waals surface area contributed by atoms with E-state index in [0.717, 1.165) is 6.04 Å². The third kappa shape index (κ3) is 12.3. The summed E-state index contributed by atoms with van der Waals surface area (Å²) in [5.74, 6) is 0. The van der Waals surface area contributed by atoms with Crippen LogP contribution in [0.2, 0.25) is 25.7 Å². The van der Waals surface area contributed by atoms with Gasteiger partial charge in [-0.05, 0) is 23.3 Å². The zero-order valence-electron chi connectivity index (χ0n) is 25.0. The van der Waals surface area contributed by atoms with E-state index in [-0.39, 0.29) is 0 Å². The largest absolute Gasteiger partial charge is 0.217 e. The highest BCUT2D eigenvalue weighted by Crippen LogP contribution is 2.22. The van der Waals surface area contributed by atoms with Crippen LogP contribution in [0, 0.1) is 6.92 Å². The first-order valence-electron chi connectivity index (χ1n) is 15.6. The summed E-state index contributed by atoms with van der Waals surface area (Å²) in [5, 5.41) is 4.35. The summed E-state index contributed by atoms with van der Waals surface area (Å²) in [6.07, 6.45) is 22.6. The smallest absolute Gasteiger partial charge is 0.155 e. The lowest BCUT2D eigenvalue weighted by molar-refractivity contribution is 0.531. The Bertz CT molecular complexity index is 858. The van der Waals surface area contributed by atoms with Crippen LogP contribution in [0.1, 0.15) is 115 Å². The molecule has 0 amide bonds. The Kier molecular flexibility index (Phi) is 15.5. The van der Waals surface area contributed by atoms with Crippen molar-refractivity contribution in [3.05, 3.63) is 54.1 Å². The Labute approximate surface area is 237 Å². The molecule has 0 aliphatic rings. The molecule has 0 aliphatic carbocycles. The zero-order chi connectivity index (χ0) is 27.0. The molecule has 1 atom stereocenters. The SMILES string of the molecule is CCCCCCCCCCCCCCCCCC[Si](Cl)(c1ccccc1)c1cc(C)cc([Si](C)(C)C)c1. The lowest BCUT2D eigenvalue weighted by Crippen LogP contribution is -2.55. The van der Waals surface area contributed by atoms with Gasteiger partial charge in [0.25, 0.3) is 0 Å². The van der Waals surface area contributed by atoms with Crippen molar-refractivity contribution in [1.29, 1.82) is 0 Å². The van der Waals surface area contributed by atoms with Gasteiger partial charge in [0.2, 0.25) is 7.38 Å². The van der Waals surface area contributed by atoms with E-state index in [1.807, 2.05) is 0 Å². The molecule has 37 heavy (non-hydrogen) atoms. The normalized spacial score (nSPS) is 13.6. The molecule has 2 aromatic carbocycles. The molecule has 0 saturated carbocycles. The van der Waals surface area contributed by atoms with Crippen molar-refractivity contribution in [3.8, 4) is 0 Å².